The molecule has 1 aromatic carbocycles. The zero-order chi connectivity index (χ0) is 14.8. The molecule has 0 bridgehead atoms. The summed E-state index contributed by atoms with van der Waals surface area (Å²) >= 11 is 0. The molecule has 0 spiro atoms. The maximum atomic E-state index is 11.9. The molecule has 0 unspecified atom stereocenters. The number of halogens is 1. The van der Waals surface area contributed by atoms with E-state index in [0.717, 1.165) is 0 Å². The number of nitro groups is 1. The van der Waals surface area contributed by atoms with Crippen LogP contribution in [0.2, 0.25) is 0 Å². The van der Waals surface area contributed by atoms with Gasteiger partial charge in [0.2, 0.25) is 9.05 Å². The number of benzene rings is 1. The molecule has 0 saturated heterocycles. The number of rotatable bonds is 5. The molecule has 0 aliphatic carbocycles. The van der Waals surface area contributed by atoms with Gasteiger partial charge < -0.3 is 0 Å². The molecule has 19 heavy (non-hydrogen) atoms. The Balaban J connectivity index is 3.23. The van der Waals surface area contributed by atoms with Crippen molar-refractivity contribution in [1.29, 1.82) is 0 Å². The van der Waals surface area contributed by atoms with Gasteiger partial charge in [-0.1, -0.05) is 6.07 Å². The number of hydrogen-bond acceptors (Lipinski definition) is 6. The number of sulfone groups is 1. The summed E-state index contributed by atoms with van der Waals surface area (Å²) in [4.78, 5) is 9.75. The summed E-state index contributed by atoms with van der Waals surface area (Å²) in [5.41, 5.74) is -0.366. The lowest BCUT2D eigenvalue weighted by molar-refractivity contribution is -0.385. The summed E-state index contributed by atoms with van der Waals surface area (Å²) in [6.45, 7) is 1.29. The van der Waals surface area contributed by atoms with Crippen LogP contribution < -0.4 is 0 Å². The van der Waals surface area contributed by atoms with Gasteiger partial charge in [-0.15, -0.1) is 0 Å². The number of hydrogen-bond donors (Lipinski definition) is 0. The second-order valence-electron chi connectivity index (χ2n) is 3.72. The third-order valence-electron chi connectivity index (χ3n) is 2.38. The summed E-state index contributed by atoms with van der Waals surface area (Å²) in [6.07, 6.45) is 0. The topological polar surface area (TPSA) is 111 Å². The third kappa shape index (κ3) is 4.15. The number of nitrogens with zero attached hydrogens (tertiary/aromatic N) is 1. The van der Waals surface area contributed by atoms with E-state index in [1.165, 1.54) is 25.1 Å². The summed E-state index contributed by atoms with van der Waals surface area (Å²) in [5, 5.41) is 10.7. The molecule has 0 aliphatic rings. The molecule has 0 fully saturated rings. The van der Waals surface area contributed by atoms with Crippen LogP contribution in [0.1, 0.15) is 5.56 Å². The normalized spacial score (nSPS) is 12.3. The SMILES string of the molecule is Cc1c([N+](=O)[O-])cccc1S(=O)(=O)CCS(=O)(=O)Cl. The molecule has 1 rings (SSSR count). The van der Waals surface area contributed by atoms with Crippen LogP contribution in [-0.2, 0) is 18.9 Å². The van der Waals surface area contributed by atoms with E-state index in [9.17, 15) is 26.9 Å². The number of nitro benzene ring substituents is 1. The van der Waals surface area contributed by atoms with E-state index < -0.39 is 35.3 Å². The van der Waals surface area contributed by atoms with Crippen molar-refractivity contribution in [2.75, 3.05) is 11.5 Å². The second-order valence-corrected chi connectivity index (χ2v) is 8.69. The highest BCUT2D eigenvalue weighted by molar-refractivity contribution is 8.14. The fraction of sp³-hybridized carbons (Fsp3) is 0.333. The zero-order valence-electron chi connectivity index (χ0n) is 9.74. The second kappa shape index (κ2) is 5.43. The summed E-state index contributed by atoms with van der Waals surface area (Å²) in [6, 6.07) is 3.60. The molecule has 0 aromatic heterocycles. The lowest BCUT2D eigenvalue weighted by atomic mass is 10.2. The van der Waals surface area contributed by atoms with Crippen LogP contribution >= 0.6 is 10.7 Å². The van der Waals surface area contributed by atoms with Crippen molar-refractivity contribution in [1.82, 2.24) is 0 Å². The Labute approximate surface area is 114 Å². The quantitative estimate of drug-likeness (QED) is 0.457. The molecule has 0 saturated carbocycles. The molecule has 0 amide bonds. The van der Waals surface area contributed by atoms with Gasteiger partial charge in [0.25, 0.3) is 5.69 Å². The van der Waals surface area contributed by atoms with Gasteiger partial charge in [0.05, 0.1) is 21.3 Å². The van der Waals surface area contributed by atoms with Gasteiger partial charge in [-0.3, -0.25) is 10.1 Å². The van der Waals surface area contributed by atoms with Crippen molar-refractivity contribution in [2.24, 2.45) is 0 Å². The summed E-state index contributed by atoms with van der Waals surface area (Å²) < 4.78 is 45.4. The Kier molecular flexibility index (Phi) is 4.54. The van der Waals surface area contributed by atoms with Gasteiger partial charge in [-0.05, 0) is 13.0 Å². The van der Waals surface area contributed by atoms with Gasteiger partial charge in [-0.2, -0.15) is 0 Å². The Morgan fingerprint density at radius 2 is 1.79 bits per heavy atom. The maximum absolute atomic E-state index is 11.9. The molecule has 0 heterocycles. The van der Waals surface area contributed by atoms with Gasteiger partial charge in [0.15, 0.2) is 9.84 Å². The monoisotopic (exact) mass is 327 g/mol. The smallest absolute Gasteiger partial charge is 0.258 e. The minimum absolute atomic E-state index is 0.0283. The molecule has 7 nitrogen and oxygen atoms in total. The first-order valence-corrected chi connectivity index (χ1v) is 9.07. The Hall–Kier alpha value is -1.19. The summed E-state index contributed by atoms with van der Waals surface area (Å²) in [7, 11) is -2.95. The third-order valence-corrected chi connectivity index (χ3v) is 5.65. The first-order chi connectivity index (χ1) is 8.54. The average molecular weight is 328 g/mol. The molecule has 0 N–H and O–H groups in total. The van der Waals surface area contributed by atoms with E-state index >= 15 is 0 Å². The first-order valence-electron chi connectivity index (χ1n) is 4.94. The Morgan fingerprint density at radius 3 is 2.26 bits per heavy atom. The van der Waals surface area contributed by atoms with Crippen LogP contribution in [0.3, 0.4) is 0 Å². The molecule has 10 heteroatoms. The van der Waals surface area contributed by atoms with Crippen molar-refractivity contribution in [3.8, 4) is 0 Å². The first kappa shape index (κ1) is 15.9. The molecule has 0 radical (unpaired) electrons. The zero-order valence-corrected chi connectivity index (χ0v) is 12.1. The largest absolute Gasteiger partial charge is 0.273 e. The Bertz CT molecular complexity index is 710. The van der Waals surface area contributed by atoms with Crippen LogP contribution in [0.25, 0.3) is 0 Å². The van der Waals surface area contributed by atoms with Crippen LogP contribution in [-0.4, -0.2) is 33.3 Å². The molecular weight excluding hydrogens is 318 g/mol. The van der Waals surface area contributed by atoms with Gasteiger partial charge in [-0.25, -0.2) is 16.8 Å². The average Bonchev–Trinajstić information content (AvgIpc) is 2.25. The minimum atomic E-state index is -3.95. The molecule has 0 aliphatic heterocycles. The van der Waals surface area contributed by atoms with Crippen LogP contribution in [0.15, 0.2) is 23.1 Å². The standard InChI is InChI=1S/C9H10ClNO6S2/c1-7-8(11(12)13)3-2-4-9(7)18(14,15)5-6-19(10,16)17/h2-4H,5-6H2,1H3. The highest BCUT2D eigenvalue weighted by atomic mass is 35.7. The van der Waals surface area contributed by atoms with Crippen molar-refractivity contribution in [3.63, 3.8) is 0 Å². The predicted octanol–water partition coefficient (Wildman–Crippen LogP) is 1.25. The van der Waals surface area contributed by atoms with E-state index in [-0.39, 0.29) is 16.1 Å². The highest BCUT2D eigenvalue weighted by Gasteiger charge is 2.24. The van der Waals surface area contributed by atoms with Gasteiger partial charge in [0, 0.05) is 22.3 Å². The highest BCUT2D eigenvalue weighted by Crippen LogP contribution is 2.25. The van der Waals surface area contributed by atoms with Crippen molar-refractivity contribution >= 4 is 35.3 Å². The van der Waals surface area contributed by atoms with Gasteiger partial charge in [0.1, 0.15) is 0 Å². The van der Waals surface area contributed by atoms with E-state index in [2.05, 4.69) is 0 Å². The lowest BCUT2D eigenvalue weighted by Crippen LogP contribution is -2.15. The molecule has 106 valence electrons. The van der Waals surface area contributed by atoms with Crippen LogP contribution in [0.5, 0.6) is 0 Å². The van der Waals surface area contributed by atoms with Gasteiger partial charge >= 0.3 is 0 Å². The minimum Gasteiger partial charge on any atom is -0.258 e. The Morgan fingerprint density at radius 1 is 1.21 bits per heavy atom. The van der Waals surface area contributed by atoms with E-state index in [0.29, 0.717) is 0 Å². The fourth-order valence-electron chi connectivity index (χ4n) is 1.46. The predicted molar refractivity (Wildman–Crippen MR) is 69.5 cm³/mol. The van der Waals surface area contributed by atoms with Crippen LogP contribution in [0, 0.1) is 17.0 Å². The molecule has 1 aromatic rings. The lowest BCUT2D eigenvalue weighted by Gasteiger charge is -2.06. The van der Waals surface area contributed by atoms with E-state index in [1.54, 1.807) is 0 Å². The van der Waals surface area contributed by atoms with Crippen LogP contribution in [0.4, 0.5) is 5.69 Å². The fourth-order valence-corrected chi connectivity index (χ4v) is 4.77. The molecule has 0 atom stereocenters. The maximum Gasteiger partial charge on any atom is 0.273 e. The van der Waals surface area contributed by atoms with E-state index in [1.807, 2.05) is 0 Å². The summed E-state index contributed by atoms with van der Waals surface area (Å²) in [5.74, 6) is -1.47. The van der Waals surface area contributed by atoms with E-state index in [4.69, 9.17) is 10.7 Å². The van der Waals surface area contributed by atoms with Crippen molar-refractivity contribution < 1.29 is 21.8 Å². The van der Waals surface area contributed by atoms with Crippen molar-refractivity contribution in [2.45, 2.75) is 11.8 Å². The van der Waals surface area contributed by atoms with Crippen molar-refractivity contribution in [3.05, 3.63) is 33.9 Å². The molecular formula is C9H10ClNO6S2.